The Kier molecular flexibility index (Phi) is 4.48. The highest BCUT2D eigenvalue weighted by molar-refractivity contribution is 5.73. The highest BCUT2D eigenvalue weighted by Crippen LogP contribution is 2.28. The Morgan fingerprint density at radius 3 is 2.55 bits per heavy atom. The van der Waals surface area contributed by atoms with Crippen molar-refractivity contribution in [2.75, 3.05) is 13.1 Å². The van der Waals surface area contributed by atoms with E-state index in [1.165, 1.54) is 5.56 Å². The highest BCUT2D eigenvalue weighted by atomic mass is 16.6. The van der Waals surface area contributed by atoms with Gasteiger partial charge in [-0.25, -0.2) is 0 Å². The largest absolute Gasteiger partial charge is 0.460 e. The number of carbonyl (C=O) groups is 1. The van der Waals surface area contributed by atoms with Crippen molar-refractivity contribution in [2.45, 2.75) is 45.8 Å². The van der Waals surface area contributed by atoms with Crippen molar-refractivity contribution in [1.29, 1.82) is 0 Å². The minimum absolute atomic E-state index is 0.0142. The van der Waals surface area contributed by atoms with Gasteiger partial charge in [-0.3, -0.25) is 9.69 Å². The molecule has 2 rings (SSSR count). The third-order valence-corrected chi connectivity index (χ3v) is 3.79. The zero-order valence-electron chi connectivity index (χ0n) is 12.9. The zero-order valence-corrected chi connectivity index (χ0v) is 12.9. The van der Waals surface area contributed by atoms with Crippen LogP contribution in [0.5, 0.6) is 0 Å². The molecule has 0 aliphatic carbocycles. The molecular formula is C17H25NO2. The van der Waals surface area contributed by atoms with E-state index in [2.05, 4.69) is 36.1 Å². The summed E-state index contributed by atoms with van der Waals surface area (Å²) in [6.45, 7) is 9.72. The van der Waals surface area contributed by atoms with Crippen LogP contribution in [0.2, 0.25) is 0 Å². The molecule has 0 N–H and O–H groups in total. The van der Waals surface area contributed by atoms with Crippen LogP contribution in [0, 0.1) is 5.92 Å². The van der Waals surface area contributed by atoms with E-state index in [-0.39, 0.29) is 11.9 Å². The first-order chi connectivity index (χ1) is 9.37. The number of nitrogens with zero attached hydrogens (tertiary/aromatic N) is 1. The molecule has 1 aliphatic rings. The Morgan fingerprint density at radius 2 is 1.95 bits per heavy atom. The molecule has 110 valence electrons. The molecule has 1 aromatic carbocycles. The topological polar surface area (TPSA) is 29.5 Å². The Morgan fingerprint density at radius 1 is 1.30 bits per heavy atom. The van der Waals surface area contributed by atoms with Crippen LogP contribution >= 0.6 is 0 Å². The molecule has 0 amide bonds. The monoisotopic (exact) mass is 275 g/mol. The van der Waals surface area contributed by atoms with E-state index >= 15 is 0 Å². The van der Waals surface area contributed by atoms with Crippen LogP contribution in [0.4, 0.5) is 0 Å². The third kappa shape index (κ3) is 3.83. The second kappa shape index (κ2) is 5.96. The van der Waals surface area contributed by atoms with Crippen LogP contribution in [0.15, 0.2) is 30.3 Å². The fourth-order valence-electron chi connectivity index (χ4n) is 2.66. The first-order valence-electron chi connectivity index (χ1n) is 7.38. The first-order valence-corrected chi connectivity index (χ1v) is 7.38. The van der Waals surface area contributed by atoms with E-state index < -0.39 is 5.60 Å². The van der Waals surface area contributed by atoms with Crippen molar-refractivity contribution in [3.63, 3.8) is 0 Å². The molecule has 1 aliphatic heterocycles. The molecule has 2 atom stereocenters. The standard InChI is InChI=1S/C17H25NO2/c1-13(14-8-6-5-7-9-14)18-11-10-15(12-18)16(19)20-17(2,3)4/h5-9,13,15H,10-12H2,1-4H3/t13-,15-/m1/s1. The quantitative estimate of drug-likeness (QED) is 0.792. The lowest BCUT2D eigenvalue weighted by Gasteiger charge is -2.25. The SMILES string of the molecule is C[C@H](c1ccccc1)N1CC[C@@H](C(=O)OC(C)(C)C)C1. The fraction of sp³-hybridized carbons (Fsp3) is 0.588. The molecule has 0 saturated carbocycles. The number of hydrogen-bond donors (Lipinski definition) is 0. The van der Waals surface area contributed by atoms with Crippen molar-refractivity contribution >= 4 is 5.97 Å². The average Bonchev–Trinajstić information content (AvgIpc) is 2.86. The molecule has 0 radical (unpaired) electrons. The second-order valence-corrected chi connectivity index (χ2v) is 6.60. The number of esters is 1. The second-order valence-electron chi connectivity index (χ2n) is 6.60. The van der Waals surface area contributed by atoms with Crippen molar-refractivity contribution in [1.82, 2.24) is 4.90 Å². The van der Waals surface area contributed by atoms with E-state index in [0.29, 0.717) is 6.04 Å². The molecule has 1 heterocycles. The maximum atomic E-state index is 12.1. The number of carbonyl (C=O) groups excluding carboxylic acids is 1. The van der Waals surface area contributed by atoms with Crippen molar-refractivity contribution in [2.24, 2.45) is 5.92 Å². The van der Waals surface area contributed by atoms with Gasteiger partial charge in [-0.1, -0.05) is 30.3 Å². The highest BCUT2D eigenvalue weighted by Gasteiger charge is 2.33. The maximum Gasteiger partial charge on any atom is 0.310 e. The summed E-state index contributed by atoms with van der Waals surface area (Å²) in [7, 11) is 0. The van der Waals surface area contributed by atoms with Gasteiger partial charge in [0, 0.05) is 12.6 Å². The van der Waals surface area contributed by atoms with E-state index in [1.807, 2.05) is 26.8 Å². The van der Waals surface area contributed by atoms with Gasteiger partial charge >= 0.3 is 5.97 Å². The summed E-state index contributed by atoms with van der Waals surface area (Å²) >= 11 is 0. The summed E-state index contributed by atoms with van der Waals surface area (Å²) in [6.07, 6.45) is 0.895. The number of likely N-dealkylation sites (tertiary alicyclic amines) is 1. The van der Waals surface area contributed by atoms with Gasteiger partial charge in [-0.2, -0.15) is 0 Å². The van der Waals surface area contributed by atoms with Crippen LogP contribution in [-0.2, 0) is 9.53 Å². The molecule has 1 fully saturated rings. The molecule has 0 bridgehead atoms. The van der Waals surface area contributed by atoms with Gasteiger partial charge in [0.05, 0.1) is 5.92 Å². The predicted octanol–water partition coefficient (Wildman–Crippen LogP) is 3.41. The molecule has 3 heteroatoms. The average molecular weight is 275 g/mol. The van der Waals surface area contributed by atoms with Crippen LogP contribution in [0.25, 0.3) is 0 Å². The summed E-state index contributed by atoms with van der Waals surface area (Å²) in [5.41, 5.74) is 0.910. The Balaban J connectivity index is 1.94. The number of rotatable bonds is 3. The first kappa shape index (κ1) is 15.0. The van der Waals surface area contributed by atoms with Gasteiger partial charge in [-0.05, 0) is 46.2 Å². The molecule has 20 heavy (non-hydrogen) atoms. The van der Waals surface area contributed by atoms with E-state index in [4.69, 9.17) is 4.74 Å². The van der Waals surface area contributed by atoms with E-state index in [0.717, 1.165) is 19.5 Å². The Hall–Kier alpha value is -1.35. The normalized spacial score (nSPS) is 21.7. The summed E-state index contributed by atoms with van der Waals surface area (Å²) in [4.78, 5) is 14.5. The van der Waals surface area contributed by atoms with Gasteiger partial charge in [-0.15, -0.1) is 0 Å². The smallest absolute Gasteiger partial charge is 0.310 e. The number of hydrogen-bond acceptors (Lipinski definition) is 3. The summed E-state index contributed by atoms with van der Waals surface area (Å²) in [5.74, 6) is -0.0411. The van der Waals surface area contributed by atoms with Crippen LogP contribution in [0.1, 0.15) is 45.7 Å². The Labute approximate surface area is 121 Å². The van der Waals surface area contributed by atoms with Gasteiger partial charge in [0.2, 0.25) is 0 Å². The van der Waals surface area contributed by atoms with Crippen LogP contribution < -0.4 is 0 Å². The lowest BCUT2D eigenvalue weighted by molar-refractivity contribution is -0.159. The molecule has 1 saturated heterocycles. The van der Waals surface area contributed by atoms with Crippen molar-refractivity contribution < 1.29 is 9.53 Å². The van der Waals surface area contributed by atoms with E-state index in [9.17, 15) is 4.79 Å². The number of benzene rings is 1. The molecule has 0 spiro atoms. The minimum Gasteiger partial charge on any atom is -0.460 e. The zero-order chi connectivity index (χ0) is 14.8. The molecule has 0 unspecified atom stereocenters. The predicted molar refractivity (Wildman–Crippen MR) is 80.4 cm³/mol. The van der Waals surface area contributed by atoms with Crippen LogP contribution in [-0.4, -0.2) is 29.6 Å². The number of ether oxygens (including phenoxy) is 1. The van der Waals surface area contributed by atoms with Gasteiger partial charge in [0.15, 0.2) is 0 Å². The fourth-order valence-corrected chi connectivity index (χ4v) is 2.66. The minimum atomic E-state index is -0.393. The van der Waals surface area contributed by atoms with Crippen molar-refractivity contribution in [3.8, 4) is 0 Å². The molecule has 1 aromatic rings. The summed E-state index contributed by atoms with van der Waals surface area (Å²) < 4.78 is 5.49. The summed E-state index contributed by atoms with van der Waals surface area (Å²) in [6, 6.07) is 10.8. The Bertz CT molecular complexity index is 450. The lowest BCUT2D eigenvalue weighted by atomic mass is 10.1. The molecular weight excluding hydrogens is 250 g/mol. The molecule has 3 nitrogen and oxygen atoms in total. The summed E-state index contributed by atoms with van der Waals surface area (Å²) in [5, 5.41) is 0. The lowest BCUT2D eigenvalue weighted by Crippen LogP contribution is -2.31. The maximum absolute atomic E-state index is 12.1. The van der Waals surface area contributed by atoms with Gasteiger partial charge < -0.3 is 4.74 Å². The van der Waals surface area contributed by atoms with Crippen molar-refractivity contribution in [3.05, 3.63) is 35.9 Å². The van der Waals surface area contributed by atoms with Crippen LogP contribution in [0.3, 0.4) is 0 Å². The van der Waals surface area contributed by atoms with E-state index in [1.54, 1.807) is 0 Å². The van der Waals surface area contributed by atoms with Gasteiger partial charge in [0.1, 0.15) is 5.60 Å². The third-order valence-electron chi connectivity index (χ3n) is 3.79. The van der Waals surface area contributed by atoms with Gasteiger partial charge in [0.25, 0.3) is 0 Å². The molecule has 0 aromatic heterocycles.